The average Bonchev–Trinajstić information content (AvgIpc) is 2.26. The van der Waals surface area contributed by atoms with Gasteiger partial charge in [0, 0.05) is 11.8 Å². The monoisotopic (exact) mass is 348 g/mol. The van der Waals surface area contributed by atoms with Crippen LogP contribution < -0.4 is 4.52 Å². The average molecular weight is 350 g/mol. The molecule has 0 heterocycles. The van der Waals surface area contributed by atoms with Crippen molar-refractivity contribution in [2.75, 3.05) is 12.4 Å². The summed E-state index contributed by atoms with van der Waals surface area (Å²) < 4.78 is 22.8. The predicted molar refractivity (Wildman–Crippen MR) is 79.5 cm³/mol. The standard InChI is InChI=1S/C10H12Cl3O3PS/c1-3-15-17(14,18-4-2)16-10-6-8(12)7(11)5-9(10)13/h5-6H,3-4H2,1-2H3. The highest BCUT2D eigenvalue weighted by Gasteiger charge is 2.27. The lowest BCUT2D eigenvalue weighted by molar-refractivity contribution is 0.296. The molecule has 0 N–H and O–H groups in total. The molecule has 1 aromatic carbocycles. The predicted octanol–water partition coefficient (Wildman–Crippen LogP) is 5.92. The first-order valence-electron chi connectivity index (χ1n) is 5.15. The molecule has 0 fully saturated rings. The van der Waals surface area contributed by atoms with Crippen LogP contribution in [0.1, 0.15) is 13.8 Å². The molecule has 0 aliphatic carbocycles. The van der Waals surface area contributed by atoms with Crippen molar-refractivity contribution in [2.45, 2.75) is 13.8 Å². The third kappa shape index (κ3) is 4.52. The highest BCUT2D eigenvalue weighted by atomic mass is 35.5. The van der Waals surface area contributed by atoms with Crippen LogP contribution in [-0.2, 0) is 9.09 Å². The lowest BCUT2D eigenvalue weighted by Gasteiger charge is -2.18. The van der Waals surface area contributed by atoms with Gasteiger partial charge >= 0.3 is 6.80 Å². The van der Waals surface area contributed by atoms with Crippen molar-refractivity contribution < 1.29 is 13.6 Å². The first-order chi connectivity index (χ1) is 8.41. The van der Waals surface area contributed by atoms with Crippen LogP contribution in [0.5, 0.6) is 5.75 Å². The minimum absolute atomic E-state index is 0.198. The maximum atomic E-state index is 12.3. The molecule has 0 radical (unpaired) electrons. The van der Waals surface area contributed by atoms with E-state index in [1.165, 1.54) is 12.1 Å². The quantitative estimate of drug-likeness (QED) is 0.471. The summed E-state index contributed by atoms with van der Waals surface area (Å²) >= 11 is 18.7. The molecule has 1 aromatic rings. The Balaban J connectivity index is 3.01. The fourth-order valence-corrected chi connectivity index (χ4v) is 4.82. The van der Waals surface area contributed by atoms with Gasteiger partial charge in [0.15, 0.2) is 0 Å². The van der Waals surface area contributed by atoms with Gasteiger partial charge in [-0.3, -0.25) is 4.52 Å². The van der Waals surface area contributed by atoms with Gasteiger partial charge in [-0.1, -0.05) is 41.7 Å². The molecule has 0 saturated carbocycles. The van der Waals surface area contributed by atoms with E-state index in [1.54, 1.807) is 6.92 Å². The van der Waals surface area contributed by atoms with E-state index < -0.39 is 6.80 Å². The van der Waals surface area contributed by atoms with Crippen molar-refractivity contribution in [3.63, 3.8) is 0 Å². The second kappa shape index (κ2) is 7.28. The van der Waals surface area contributed by atoms with Crippen LogP contribution in [-0.4, -0.2) is 12.4 Å². The Bertz CT molecular complexity index is 460. The van der Waals surface area contributed by atoms with E-state index in [0.29, 0.717) is 10.8 Å². The van der Waals surface area contributed by atoms with Crippen molar-refractivity contribution in [1.29, 1.82) is 0 Å². The molecular weight excluding hydrogens is 338 g/mol. The fourth-order valence-electron chi connectivity index (χ4n) is 1.10. The maximum absolute atomic E-state index is 12.3. The molecule has 3 nitrogen and oxygen atoms in total. The van der Waals surface area contributed by atoms with E-state index in [0.717, 1.165) is 11.4 Å². The van der Waals surface area contributed by atoms with Crippen LogP contribution in [0.15, 0.2) is 12.1 Å². The van der Waals surface area contributed by atoms with Crippen molar-refractivity contribution in [2.24, 2.45) is 0 Å². The summed E-state index contributed by atoms with van der Waals surface area (Å²) in [6.07, 6.45) is 0. The topological polar surface area (TPSA) is 35.5 Å². The van der Waals surface area contributed by atoms with Gasteiger partial charge in [-0.25, -0.2) is 4.57 Å². The first kappa shape index (κ1) is 16.5. The third-order valence-electron chi connectivity index (χ3n) is 1.76. The largest absolute Gasteiger partial charge is 0.440 e. The zero-order valence-electron chi connectivity index (χ0n) is 9.78. The Kier molecular flexibility index (Phi) is 6.66. The van der Waals surface area contributed by atoms with Crippen LogP contribution >= 0.6 is 53.0 Å². The summed E-state index contributed by atoms with van der Waals surface area (Å²) in [6.45, 7) is 0.604. The summed E-state index contributed by atoms with van der Waals surface area (Å²) in [5.74, 6) is 0.791. The number of hydrogen-bond acceptors (Lipinski definition) is 4. The molecule has 102 valence electrons. The number of halogens is 3. The van der Waals surface area contributed by atoms with E-state index in [-0.39, 0.29) is 22.4 Å². The normalized spacial score (nSPS) is 14.3. The first-order valence-corrected chi connectivity index (χ1v) is 9.41. The molecule has 0 amide bonds. The van der Waals surface area contributed by atoms with Gasteiger partial charge in [0.05, 0.1) is 21.7 Å². The zero-order chi connectivity index (χ0) is 13.8. The molecule has 0 spiro atoms. The zero-order valence-corrected chi connectivity index (χ0v) is 13.8. The molecular formula is C10H12Cl3O3PS. The molecule has 0 aromatic heterocycles. The van der Waals surface area contributed by atoms with Gasteiger partial charge in [-0.15, -0.1) is 0 Å². The van der Waals surface area contributed by atoms with E-state index in [9.17, 15) is 4.57 Å². The summed E-state index contributed by atoms with van der Waals surface area (Å²) in [5, 5.41) is 0.824. The Labute approximate surface area is 125 Å². The molecule has 1 rings (SSSR count). The van der Waals surface area contributed by atoms with E-state index >= 15 is 0 Å². The van der Waals surface area contributed by atoms with Gasteiger partial charge in [0.2, 0.25) is 0 Å². The van der Waals surface area contributed by atoms with Gasteiger partial charge < -0.3 is 4.52 Å². The minimum atomic E-state index is -3.27. The maximum Gasteiger partial charge on any atom is 0.440 e. The Morgan fingerprint density at radius 1 is 1.17 bits per heavy atom. The number of benzene rings is 1. The summed E-state index contributed by atoms with van der Waals surface area (Å²) in [5.41, 5.74) is 0. The lowest BCUT2D eigenvalue weighted by Crippen LogP contribution is -1.96. The van der Waals surface area contributed by atoms with Crippen molar-refractivity contribution in [3.05, 3.63) is 27.2 Å². The van der Waals surface area contributed by atoms with Crippen molar-refractivity contribution in [3.8, 4) is 5.75 Å². The van der Waals surface area contributed by atoms with Gasteiger partial charge in [-0.2, -0.15) is 0 Å². The lowest BCUT2D eigenvalue weighted by atomic mass is 10.3. The molecule has 1 atom stereocenters. The Hall–Kier alpha value is 0.430. The van der Waals surface area contributed by atoms with Crippen molar-refractivity contribution in [1.82, 2.24) is 0 Å². The van der Waals surface area contributed by atoms with Gasteiger partial charge in [-0.05, 0) is 24.4 Å². The van der Waals surface area contributed by atoms with Crippen LogP contribution in [0.25, 0.3) is 0 Å². The minimum Gasteiger partial charge on any atom is -0.415 e. The van der Waals surface area contributed by atoms with Crippen LogP contribution in [0.3, 0.4) is 0 Å². The molecule has 0 bridgehead atoms. The molecule has 1 unspecified atom stereocenters. The summed E-state index contributed by atoms with van der Waals surface area (Å²) in [6, 6.07) is 2.86. The molecule has 0 aliphatic heterocycles. The molecule has 8 heteroatoms. The summed E-state index contributed by atoms with van der Waals surface area (Å²) in [4.78, 5) is 0. The summed E-state index contributed by atoms with van der Waals surface area (Å²) in [7, 11) is 0. The fraction of sp³-hybridized carbons (Fsp3) is 0.400. The van der Waals surface area contributed by atoms with Gasteiger partial charge in [0.25, 0.3) is 0 Å². The molecule has 0 saturated heterocycles. The van der Waals surface area contributed by atoms with Crippen LogP contribution in [0.2, 0.25) is 15.1 Å². The second-order valence-electron chi connectivity index (χ2n) is 3.07. The Morgan fingerprint density at radius 2 is 1.78 bits per heavy atom. The SMILES string of the molecule is CCOP(=O)(Oc1cc(Cl)c(Cl)cc1Cl)SCC. The number of hydrogen-bond donors (Lipinski definition) is 0. The second-order valence-corrected chi connectivity index (χ2v) is 8.58. The third-order valence-corrected chi connectivity index (χ3v) is 6.61. The van der Waals surface area contributed by atoms with Gasteiger partial charge in [0.1, 0.15) is 5.75 Å². The van der Waals surface area contributed by atoms with E-state index in [1.807, 2.05) is 6.92 Å². The van der Waals surface area contributed by atoms with E-state index in [2.05, 4.69) is 0 Å². The molecule has 18 heavy (non-hydrogen) atoms. The van der Waals surface area contributed by atoms with E-state index in [4.69, 9.17) is 43.9 Å². The van der Waals surface area contributed by atoms with Crippen LogP contribution in [0.4, 0.5) is 0 Å². The highest BCUT2D eigenvalue weighted by molar-refractivity contribution is 8.55. The van der Waals surface area contributed by atoms with Crippen LogP contribution in [0, 0.1) is 0 Å². The van der Waals surface area contributed by atoms with Crippen molar-refractivity contribution >= 4 is 53.0 Å². The number of rotatable bonds is 6. The Morgan fingerprint density at radius 3 is 2.33 bits per heavy atom. The molecule has 0 aliphatic rings. The highest BCUT2D eigenvalue weighted by Crippen LogP contribution is 2.60. The smallest absolute Gasteiger partial charge is 0.415 e.